The summed E-state index contributed by atoms with van der Waals surface area (Å²) in [5.41, 5.74) is 2.64. The van der Waals surface area contributed by atoms with Gasteiger partial charge < -0.3 is 4.90 Å². The Morgan fingerprint density at radius 3 is 2.87 bits per heavy atom. The molecule has 1 unspecified atom stereocenters. The van der Waals surface area contributed by atoms with Crippen LogP contribution in [0.3, 0.4) is 0 Å². The molecule has 7 heteroatoms. The van der Waals surface area contributed by atoms with E-state index >= 15 is 0 Å². The van der Waals surface area contributed by atoms with Crippen LogP contribution in [0.5, 0.6) is 0 Å². The molecule has 1 atom stereocenters. The van der Waals surface area contributed by atoms with Gasteiger partial charge in [0.1, 0.15) is 0 Å². The number of carbonyl (C=O) groups is 1. The van der Waals surface area contributed by atoms with E-state index in [2.05, 4.69) is 0 Å². The molecule has 2 aliphatic rings. The number of rotatable bonds is 4. The summed E-state index contributed by atoms with van der Waals surface area (Å²) in [6.45, 7) is 2.69. The maximum Gasteiger partial charge on any atom is 0.242 e. The number of nitriles is 1. The van der Waals surface area contributed by atoms with Crippen LogP contribution >= 0.6 is 0 Å². The van der Waals surface area contributed by atoms with Crippen molar-refractivity contribution in [2.75, 3.05) is 25.0 Å². The lowest BCUT2D eigenvalue weighted by Gasteiger charge is -2.26. The average molecular weight is 333 g/mol. The van der Waals surface area contributed by atoms with E-state index in [1.54, 1.807) is 17.0 Å². The maximum atomic E-state index is 12.7. The normalized spacial score (nSPS) is 19.8. The second-order valence-electron chi connectivity index (χ2n) is 6.07. The molecule has 0 spiro atoms. The fraction of sp³-hybridized carbons (Fsp3) is 0.500. The number of hydrogen-bond acceptors (Lipinski definition) is 4. The lowest BCUT2D eigenvalue weighted by atomic mass is 9.97. The van der Waals surface area contributed by atoms with Crippen molar-refractivity contribution in [2.24, 2.45) is 0 Å². The summed E-state index contributed by atoms with van der Waals surface area (Å²) in [6.07, 6.45) is 1.78. The molecule has 0 bridgehead atoms. The number of anilines is 1. The van der Waals surface area contributed by atoms with E-state index in [9.17, 15) is 13.2 Å². The summed E-state index contributed by atoms with van der Waals surface area (Å²) in [4.78, 5) is 14.3. The van der Waals surface area contributed by atoms with Crippen molar-refractivity contribution in [3.8, 4) is 6.07 Å². The molecular weight excluding hydrogens is 314 g/mol. The van der Waals surface area contributed by atoms with Gasteiger partial charge in [0, 0.05) is 26.6 Å². The van der Waals surface area contributed by atoms with Crippen LogP contribution in [0, 0.1) is 11.3 Å². The molecule has 1 aromatic carbocycles. The van der Waals surface area contributed by atoms with Gasteiger partial charge in [0.05, 0.1) is 22.6 Å². The topological polar surface area (TPSA) is 81.5 Å². The van der Waals surface area contributed by atoms with Gasteiger partial charge in [-0.25, -0.2) is 8.42 Å². The quantitative estimate of drug-likeness (QED) is 0.838. The number of carbonyl (C=O) groups excluding carboxylic acids is 1. The third-order valence-corrected chi connectivity index (χ3v) is 6.47. The van der Waals surface area contributed by atoms with Crippen molar-refractivity contribution in [1.29, 1.82) is 5.26 Å². The molecule has 122 valence electrons. The second-order valence-corrected chi connectivity index (χ2v) is 8.11. The predicted molar refractivity (Wildman–Crippen MR) is 85.6 cm³/mol. The predicted octanol–water partition coefficient (Wildman–Crippen LogP) is 1.62. The van der Waals surface area contributed by atoms with Gasteiger partial charge in [0.2, 0.25) is 15.9 Å². The highest BCUT2D eigenvalue weighted by molar-refractivity contribution is 7.89. The highest BCUT2D eigenvalue weighted by atomic mass is 32.2. The molecule has 23 heavy (non-hydrogen) atoms. The highest BCUT2D eigenvalue weighted by Crippen LogP contribution is 2.44. The molecular formula is C16H19N3O3S. The van der Waals surface area contributed by atoms with Gasteiger partial charge in [-0.2, -0.15) is 9.57 Å². The van der Waals surface area contributed by atoms with E-state index in [0.29, 0.717) is 6.54 Å². The van der Waals surface area contributed by atoms with Crippen LogP contribution in [0.4, 0.5) is 5.69 Å². The number of aryl methyl sites for hydroxylation is 1. The van der Waals surface area contributed by atoms with E-state index in [0.717, 1.165) is 29.7 Å². The molecule has 2 heterocycles. The Labute approximate surface area is 136 Å². The summed E-state index contributed by atoms with van der Waals surface area (Å²) in [7, 11) is -2.17. The average Bonchev–Trinajstić information content (AvgIpc) is 2.79. The molecule has 3 rings (SSSR count). The number of benzene rings is 1. The lowest BCUT2D eigenvalue weighted by molar-refractivity contribution is -0.119. The second kappa shape index (κ2) is 5.62. The zero-order chi connectivity index (χ0) is 16.8. The number of sulfonamides is 1. The zero-order valence-corrected chi connectivity index (χ0v) is 14.1. The molecule has 2 aliphatic heterocycles. The number of hydrogen-bond donors (Lipinski definition) is 0. The van der Waals surface area contributed by atoms with Crippen LogP contribution < -0.4 is 4.90 Å². The molecule has 1 amide bonds. The number of amides is 1. The van der Waals surface area contributed by atoms with Gasteiger partial charge >= 0.3 is 0 Å². The van der Waals surface area contributed by atoms with Crippen LogP contribution in [-0.4, -0.2) is 38.8 Å². The van der Waals surface area contributed by atoms with Crippen LogP contribution in [0.25, 0.3) is 0 Å². The third-order valence-electron chi connectivity index (χ3n) is 4.64. The van der Waals surface area contributed by atoms with Gasteiger partial charge in [-0.1, -0.05) is 0 Å². The summed E-state index contributed by atoms with van der Waals surface area (Å²) in [5.74, 6) is -0.255. The van der Waals surface area contributed by atoms with Gasteiger partial charge in [-0.05, 0) is 43.0 Å². The van der Waals surface area contributed by atoms with Crippen LogP contribution in [0.1, 0.15) is 36.8 Å². The van der Waals surface area contributed by atoms with Crippen molar-refractivity contribution in [3.05, 3.63) is 23.3 Å². The van der Waals surface area contributed by atoms with Crippen molar-refractivity contribution in [3.63, 3.8) is 0 Å². The van der Waals surface area contributed by atoms with E-state index in [1.165, 1.54) is 11.4 Å². The monoisotopic (exact) mass is 333 g/mol. The molecule has 0 saturated carbocycles. The molecule has 0 aromatic heterocycles. The van der Waals surface area contributed by atoms with Crippen molar-refractivity contribution in [2.45, 2.75) is 37.0 Å². The Morgan fingerprint density at radius 1 is 1.43 bits per heavy atom. The minimum atomic E-state index is -3.65. The number of nitrogens with zero attached hydrogens (tertiary/aromatic N) is 3. The molecule has 0 N–H and O–H groups in total. The van der Waals surface area contributed by atoms with Crippen LogP contribution in [0.2, 0.25) is 0 Å². The van der Waals surface area contributed by atoms with E-state index in [1.807, 2.05) is 13.0 Å². The molecule has 6 nitrogen and oxygen atoms in total. The fourth-order valence-corrected chi connectivity index (χ4v) is 4.58. The minimum absolute atomic E-state index is 0.0494. The van der Waals surface area contributed by atoms with Crippen molar-refractivity contribution >= 4 is 21.6 Å². The summed E-state index contributed by atoms with van der Waals surface area (Å²) >= 11 is 0. The molecule has 0 saturated heterocycles. The van der Waals surface area contributed by atoms with Crippen LogP contribution in [-0.2, 0) is 21.2 Å². The van der Waals surface area contributed by atoms with E-state index in [4.69, 9.17) is 5.26 Å². The molecule has 1 aromatic rings. The standard InChI is InChI=1S/C16H19N3O3S/c1-11-14-10-13(23(21,22)18(2)7-4-6-17)9-12-5-3-8-19(15(12)14)16(11)20/h9-11H,3-5,7-8H2,1-2H3. The lowest BCUT2D eigenvalue weighted by Crippen LogP contribution is -2.32. The summed E-state index contributed by atoms with van der Waals surface area (Å²) in [6, 6.07) is 5.28. The Bertz CT molecular complexity index is 811. The smallest absolute Gasteiger partial charge is 0.242 e. The Morgan fingerprint density at radius 2 is 2.17 bits per heavy atom. The first-order valence-electron chi connectivity index (χ1n) is 7.69. The highest BCUT2D eigenvalue weighted by Gasteiger charge is 2.39. The fourth-order valence-electron chi connectivity index (χ4n) is 3.32. The van der Waals surface area contributed by atoms with Gasteiger partial charge in [0.15, 0.2) is 0 Å². The zero-order valence-electron chi connectivity index (χ0n) is 13.2. The van der Waals surface area contributed by atoms with E-state index in [-0.39, 0.29) is 29.7 Å². The van der Waals surface area contributed by atoms with Crippen molar-refractivity contribution < 1.29 is 13.2 Å². The van der Waals surface area contributed by atoms with Crippen LogP contribution in [0.15, 0.2) is 17.0 Å². The first-order valence-corrected chi connectivity index (χ1v) is 9.13. The largest absolute Gasteiger partial charge is 0.311 e. The Hall–Kier alpha value is -1.91. The first-order chi connectivity index (χ1) is 10.9. The van der Waals surface area contributed by atoms with Gasteiger partial charge in [-0.3, -0.25) is 4.79 Å². The Balaban J connectivity index is 2.08. The molecule has 0 radical (unpaired) electrons. The molecule has 0 aliphatic carbocycles. The third kappa shape index (κ3) is 2.42. The maximum absolute atomic E-state index is 12.7. The SMILES string of the molecule is CC1C(=O)N2CCCc3cc(S(=O)(=O)N(C)CCC#N)cc1c32. The van der Waals surface area contributed by atoms with Gasteiger partial charge in [-0.15, -0.1) is 0 Å². The minimum Gasteiger partial charge on any atom is -0.311 e. The van der Waals surface area contributed by atoms with E-state index < -0.39 is 10.0 Å². The first kappa shape index (κ1) is 16.0. The summed E-state index contributed by atoms with van der Waals surface area (Å²) in [5, 5.41) is 8.65. The van der Waals surface area contributed by atoms with Gasteiger partial charge in [0.25, 0.3) is 0 Å². The summed E-state index contributed by atoms with van der Waals surface area (Å²) < 4.78 is 26.6. The molecule has 0 fully saturated rings. The van der Waals surface area contributed by atoms with Crippen molar-refractivity contribution in [1.82, 2.24) is 4.31 Å². The Kier molecular flexibility index (Phi) is 3.90.